The zero-order chi connectivity index (χ0) is 17.5. The second kappa shape index (κ2) is 9.14. The second-order valence-electron chi connectivity index (χ2n) is 6.13. The average molecular weight is 355 g/mol. The van der Waals surface area contributed by atoms with Crippen LogP contribution in [0.5, 0.6) is 11.5 Å². The Bertz CT molecular complexity index is 557. The molecule has 1 heterocycles. The molecule has 1 fully saturated rings. The lowest BCUT2D eigenvalue weighted by Crippen LogP contribution is -2.40. The Morgan fingerprint density at radius 2 is 2.08 bits per heavy atom. The number of hydrogen-bond acceptors (Lipinski definition) is 4. The van der Waals surface area contributed by atoms with Gasteiger partial charge in [-0.25, -0.2) is 0 Å². The number of amides is 1. The average Bonchev–Trinajstić information content (AvgIpc) is 2.60. The number of halogens is 1. The summed E-state index contributed by atoms with van der Waals surface area (Å²) in [7, 11) is 3.52. The summed E-state index contributed by atoms with van der Waals surface area (Å²) in [5.41, 5.74) is 0.549. The van der Waals surface area contributed by atoms with Crippen LogP contribution in [0.1, 0.15) is 36.5 Å². The van der Waals surface area contributed by atoms with E-state index in [0.717, 1.165) is 38.9 Å². The number of hydrogen-bond donors (Lipinski definition) is 1. The van der Waals surface area contributed by atoms with Gasteiger partial charge in [-0.1, -0.05) is 18.5 Å². The van der Waals surface area contributed by atoms with Crippen molar-refractivity contribution in [2.45, 2.75) is 26.2 Å². The Balaban J connectivity index is 2.11. The number of carbonyl (C=O) groups is 1. The number of benzene rings is 1. The molecule has 1 aliphatic rings. The highest BCUT2D eigenvalue weighted by Crippen LogP contribution is 2.37. The van der Waals surface area contributed by atoms with Crippen LogP contribution < -0.4 is 14.8 Å². The minimum absolute atomic E-state index is 0.000138. The lowest BCUT2D eigenvalue weighted by Gasteiger charge is -2.32. The van der Waals surface area contributed by atoms with Gasteiger partial charge in [0.15, 0.2) is 11.5 Å². The minimum atomic E-state index is 0.000138. The molecular formula is C18H27ClN2O3. The predicted octanol–water partition coefficient (Wildman–Crippen LogP) is 3.21. The van der Waals surface area contributed by atoms with Crippen LogP contribution in [0.25, 0.3) is 0 Å². The molecular weight excluding hydrogens is 328 g/mol. The van der Waals surface area contributed by atoms with E-state index in [9.17, 15) is 4.79 Å². The molecule has 24 heavy (non-hydrogen) atoms. The van der Waals surface area contributed by atoms with Crippen LogP contribution in [0.15, 0.2) is 12.1 Å². The molecule has 1 amide bonds. The van der Waals surface area contributed by atoms with Gasteiger partial charge in [-0.15, -0.1) is 0 Å². The summed E-state index contributed by atoms with van der Waals surface area (Å²) in [5, 5.41) is 3.62. The maximum atomic E-state index is 12.8. The molecule has 0 aliphatic carbocycles. The van der Waals surface area contributed by atoms with Gasteiger partial charge in [0.1, 0.15) is 0 Å². The van der Waals surface area contributed by atoms with Gasteiger partial charge < -0.3 is 19.7 Å². The highest BCUT2D eigenvalue weighted by Gasteiger charge is 2.25. The first-order chi connectivity index (χ1) is 11.6. The lowest BCUT2D eigenvalue weighted by molar-refractivity contribution is 0.0690. The van der Waals surface area contributed by atoms with Crippen LogP contribution >= 0.6 is 11.6 Å². The first-order valence-electron chi connectivity index (χ1n) is 8.54. The number of likely N-dealkylation sites (tertiary alicyclic amines) is 1. The largest absolute Gasteiger partial charge is 0.493 e. The number of ether oxygens (including phenoxy) is 2. The number of rotatable bonds is 7. The topological polar surface area (TPSA) is 50.8 Å². The number of methoxy groups -OCH3 is 1. The summed E-state index contributed by atoms with van der Waals surface area (Å²) in [5.74, 6) is 1.65. The highest BCUT2D eigenvalue weighted by molar-refractivity contribution is 6.32. The standard InChI is InChI=1S/C18H27ClN2O3/c1-4-9-24-17-15(19)10-14(11-16(17)23-3)18(22)21-7-5-13(6-8-21)12-20-2/h10-11,13,20H,4-9,12H2,1-3H3. The van der Waals surface area contributed by atoms with E-state index in [1.165, 1.54) is 0 Å². The Morgan fingerprint density at radius 3 is 2.67 bits per heavy atom. The maximum Gasteiger partial charge on any atom is 0.254 e. The molecule has 1 N–H and O–H groups in total. The van der Waals surface area contributed by atoms with Gasteiger partial charge in [-0.3, -0.25) is 4.79 Å². The highest BCUT2D eigenvalue weighted by atomic mass is 35.5. The molecule has 0 unspecified atom stereocenters. The number of piperidine rings is 1. The van der Waals surface area contributed by atoms with Crippen molar-refractivity contribution in [3.8, 4) is 11.5 Å². The summed E-state index contributed by atoms with van der Waals surface area (Å²) in [6, 6.07) is 3.40. The van der Waals surface area contributed by atoms with E-state index in [-0.39, 0.29) is 5.91 Å². The van der Waals surface area contributed by atoms with Gasteiger partial charge >= 0.3 is 0 Å². The number of nitrogens with one attached hydrogen (secondary N) is 1. The van der Waals surface area contributed by atoms with Crippen LogP contribution in [0.2, 0.25) is 5.02 Å². The number of nitrogens with zero attached hydrogens (tertiary/aromatic N) is 1. The molecule has 1 aromatic rings. The van der Waals surface area contributed by atoms with Crippen molar-refractivity contribution < 1.29 is 14.3 Å². The van der Waals surface area contributed by atoms with E-state index < -0.39 is 0 Å². The fraction of sp³-hybridized carbons (Fsp3) is 0.611. The SMILES string of the molecule is CCCOc1c(Cl)cc(C(=O)N2CCC(CNC)CC2)cc1OC. The molecule has 0 spiro atoms. The Morgan fingerprint density at radius 1 is 1.38 bits per heavy atom. The summed E-state index contributed by atoms with van der Waals surface area (Å²) >= 11 is 6.31. The monoisotopic (exact) mass is 354 g/mol. The number of carbonyl (C=O) groups excluding carboxylic acids is 1. The van der Waals surface area contributed by atoms with E-state index >= 15 is 0 Å². The third-order valence-electron chi connectivity index (χ3n) is 4.32. The lowest BCUT2D eigenvalue weighted by atomic mass is 9.96. The molecule has 1 aliphatic heterocycles. The molecule has 1 aromatic carbocycles. The minimum Gasteiger partial charge on any atom is -0.493 e. The van der Waals surface area contributed by atoms with Crippen molar-refractivity contribution in [3.63, 3.8) is 0 Å². The maximum absolute atomic E-state index is 12.8. The van der Waals surface area contributed by atoms with E-state index in [2.05, 4.69) is 5.32 Å². The van der Waals surface area contributed by atoms with Gasteiger partial charge in [-0.05, 0) is 50.9 Å². The molecule has 0 bridgehead atoms. The van der Waals surface area contributed by atoms with Crippen LogP contribution in [0.4, 0.5) is 0 Å². The van der Waals surface area contributed by atoms with Crippen LogP contribution in [0, 0.1) is 5.92 Å². The van der Waals surface area contributed by atoms with Gasteiger partial charge in [-0.2, -0.15) is 0 Å². The molecule has 5 nitrogen and oxygen atoms in total. The molecule has 0 aromatic heterocycles. The van der Waals surface area contributed by atoms with Crippen molar-refractivity contribution >= 4 is 17.5 Å². The molecule has 134 valence electrons. The van der Waals surface area contributed by atoms with E-state index in [4.69, 9.17) is 21.1 Å². The molecule has 6 heteroatoms. The van der Waals surface area contributed by atoms with Crippen LogP contribution in [0.3, 0.4) is 0 Å². The third-order valence-corrected chi connectivity index (χ3v) is 4.60. The van der Waals surface area contributed by atoms with Gasteiger partial charge in [0.2, 0.25) is 0 Å². The fourth-order valence-corrected chi connectivity index (χ4v) is 3.26. The smallest absolute Gasteiger partial charge is 0.254 e. The Kier molecular flexibility index (Phi) is 7.18. The van der Waals surface area contributed by atoms with Crippen LogP contribution in [-0.4, -0.2) is 51.2 Å². The zero-order valence-corrected chi connectivity index (χ0v) is 15.5. The van der Waals surface area contributed by atoms with Crippen molar-refractivity contribution in [1.82, 2.24) is 10.2 Å². The third kappa shape index (κ3) is 4.54. The first-order valence-corrected chi connectivity index (χ1v) is 8.92. The second-order valence-corrected chi connectivity index (χ2v) is 6.54. The van der Waals surface area contributed by atoms with Gasteiger partial charge in [0.25, 0.3) is 5.91 Å². The first kappa shape index (κ1) is 18.9. The molecule has 0 atom stereocenters. The summed E-state index contributed by atoms with van der Waals surface area (Å²) in [4.78, 5) is 14.7. The van der Waals surface area contributed by atoms with E-state index in [1.807, 2.05) is 18.9 Å². The summed E-state index contributed by atoms with van der Waals surface area (Å²) < 4.78 is 11.0. The Labute approximate surface area is 149 Å². The van der Waals surface area contributed by atoms with Crippen molar-refractivity contribution in [2.75, 3.05) is 40.4 Å². The van der Waals surface area contributed by atoms with Crippen LogP contribution in [-0.2, 0) is 0 Å². The fourth-order valence-electron chi connectivity index (χ4n) is 3.00. The molecule has 2 rings (SSSR count). The van der Waals surface area contributed by atoms with Gasteiger partial charge in [0.05, 0.1) is 18.7 Å². The zero-order valence-electron chi connectivity index (χ0n) is 14.7. The van der Waals surface area contributed by atoms with Crippen molar-refractivity contribution in [2.24, 2.45) is 5.92 Å². The normalized spacial score (nSPS) is 15.4. The van der Waals surface area contributed by atoms with E-state index in [1.54, 1.807) is 19.2 Å². The Hall–Kier alpha value is -1.46. The summed E-state index contributed by atoms with van der Waals surface area (Å²) in [6.07, 6.45) is 2.92. The van der Waals surface area contributed by atoms with Crippen molar-refractivity contribution in [3.05, 3.63) is 22.7 Å². The summed E-state index contributed by atoms with van der Waals surface area (Å²) in [6.45, 7) is 5.14. The molecule has 1 saturated heterocycles. The molecule has 0 radical (unpaired) electrons. The predicted molar refractivity (Wildman–Crippen MR) is 96.3 cm³/mol. The molecule has 0 saturated carbocycles. The van der Waals surface area contributed by atoms with Gasteiger partial charge in [0, 0.05) is 18.7 Å². The quantitative estimate of drug-likeness (QED) is 0.816. The van der Waals surface area contributed by atoms with Crippen molar-refractivity contribution in [1.29, 1.82) is 0 Å². The van der Waals surface area contributed by atoms with E-state index in [0.29, 0.717) is 34.6 Å².